The van der Waals surface area contributed by atoms with Crippen molar-refractivity contribution in [1.82, 2.24) is 14.6 Å². The smallest absolute Gasteiger partial charge is 0.246 e. The molecule has 0 aliphatic carbocycles. The third-order valence-electron chi connectivity index (χ3n) is 6.17. The van der Waals surface area contributed by atoms with Gasteiger partial charge in [-0.2, -0.15) is 4.31 Å². The average Bonchev–Trinajstić information content (AvgIpc) is 2.88. The van der Waals surface area contributed by atoms with E-state index in [0.717, 1.165) is 16.6 Å². The van der Waals surface area contributed by atoms with Gasteiger partial charge < -0.3 is 15.4 Å². The number of nitrogens with one attached hydrogen (secondary N) is 2. The number of aromatic nitrogens is 1. The van der Waals surface area contributed by atoms with E-state index in [1.54, 1.807) is 12.3 Å². The molecule has 0 spiro atoms. The number of halogens is 2. The number of ether oxygens (including phenoxy) is 1. The van der Waals surface area contributed by atoms with Crippen LogP contribution in [0.5, 0.6) is 5.75 Å². The summed E-state index contributed by atoms with van der Waals surface area (Å²) in [4.78, 5) is 17.2. The molecular formula is C25H28Cl2N4O4S. The molecule has 1 aromatic heterocycles. The molecule has 4 rings (SSSR count). The largest absolute Gasteiger partial charge is 0.495 e. The van der Waals surface area contributed by atoms with Crippen molar-refractivity contribution in [3.05, 3.63) is 58.7 Å². The summed E-state index contributed by atoms with van der Waals surface area (Å²) in [6.07, 6.45) is 3.66. The number of fused-ring (bicyclic) bond motifs is 1. The summed E-state index contributed by atoms with van der Waals surface area (Å²) in [6.45, 7) is 1.60. The van der Waals surface area contributed by atoms with Crippen molar-refractivity contribution < 1.29 is 17.9 Å². The summed E-state index contributed by atoms with van der Waals surface area (Å²) in [5.41, 5.74) is 1.76. The quantitative estimate of drug-likeness (QED) is 0.378. The Kier molecular flexibility index (Phi) is 8.56. The zero-order valence-electron chi connectivity index (χ0n) is 19.8. The topological polar surface area (TPSA) is 101 Å². The van der Waals surface area contributed by atoms with Crippen LogP contribution in [0, 0.1) is 5.92 Å². The normalized spacial score (nSPS) is 16.6. The van der Waals surface area contributed by atoms with Gasteiger partial charge >= 0.3 is 0 Å². The Hall–Kier alpha value is -2.59. The lowest BCUT2D eigenvalue weighted by Gasteiger charge is -2.31. The fourth-order valence-electron chi connectivity index (χ4n) is 4.31. The van der Waals surface area contributed by atoms with Crippen LogP contribution in [0.3, 0.4) is 0 Å². The van der Waals surface area contributed by atoms with Crippen LogP contribution in [0.25, 0.3) is 10.9 Å². The molecule has 3 aromatic rings. The lowest BCUT2D eigenvalue weighted by atomic mass is 9.99. The number of anilines is 1. The molecule has 1 amide bonds. The van der Waals surface area contributed by atoms with Gasteiger partial charge in [0.15, 0.2) is 0 Å². The first-order chi connectivity index (χ1) is 17.3. The first-order valence-corrected chi connectivity index (χ1v) is 13.9. The Labute approximate surface area is 221 Å². The highest BCUT2D eigenvalue weighted by atomic mass is 35.5. The molecule has 2 heterocycles. The van der Waals surface area contributed by atoms with Crippen LogP contribution in [0.1, 0.15) is 19.3 Å². The Balaban J connectivity index is 1.30. The lowest BCUT2D eigenvalue weighted by molar-refractivity contribution is -0.126. The van der Waals surface area contributed by atoms with E-state index in [1.165, 1.54) is 23.5 Å². The molecule has 2 aromatic carbocycles. The molecule has 1 saturated heterocycles. The van der Waals surface area contributed by atoms with Gasteiger partial charge in [-0.1, -0.05) is 23.2 Å². The molecule has 11 heteroatoms. The van der Waals surface area contributed by atoms with Gasteiger partial charge in [-0.05, 0) is 61.7 Å². The number of hydrogen-bond donors (Lipinski definition) is 2. The Morgan fingerprint density at radius 2 is 1.92 bits per heavy atom. The monoisotopic (exact) mass is 550 g/mol. The number of carbonyl (C=O) groups excluding carboxylic acids is 1. The first-order valence-electron chi connectivity index (χ1n) is 11.7. The minimum Gasteiger partial charge on any atom is -0.495 e. The first kappa shape index (κ1) is 26.5. The number of rotatable bonds is 9. The highest BCUT2D eigenvalue weighted by molar-refractivity contribution is 7.89. The summed E-state index contributed by atoms with van der Waals surface area (Å²) in [5, 5.41) is 8.24. The van der Waals surface area contributed by atoms with Gasteiger partial charge in [-0.3, -0.25) is 9.78 Å². The van der Waals surface area contributed by atoms with Gasteiger partial charge in [0, 0.05) is 53.5 Å². The van der Waals surface area contributed by atoms with Crippen molar-refractivity contribution in [2.45, 2.75) is 24.2 Å². The highest BCUT2D eigenvalue weighted by Gasteiger charge is 2.34. The number of pyridine rings is 1. The van der Waals surface area contributed by atoms with Crippen molar-refractivity contribution in [1.29, 1.82) is 0 Å². The van der Waals surface area contributed by atoms with Crippen molar-refractivity contribution >= 4 is 55.7 Å². The van der Waals surface area contributed by atoms with Gasteiger partial charge in [-0.25, -0.2) is 8.42 Å². The molecule has 0 saturated carbocycles. The molecule has 0 radical (unpaired) electrons. The number of carbonyl (C=O) groups is 1. The van der Waals surface area contributed by atoms with E-state index in [0.29, 0.717) is 48.9 Å². The maximum absolute atomic E-state index is 13.3. The third kappa shape index (κ3) is 6.03. The molecule has 192 valence electrons. The highest BCUT2D eigenvalue weighted by Crippen LogP contribution is 2.32. The molecular weight excluding hydrogens is 523 g/mol. The standard InChI is InChI=1S/C25H28Cl2N4O4S/c1-35-23-8-6-19(27)15-24(23)36(33,34)31-13-2-4-17(16-31)25(32)30-11-3-10-28-21-9-12-29-22-14-18(26)5-7-20(21)22/h5-9,12,14-15,17H,2-4,10-11,13,16H2,1H3,(H,28,29)(H,30,32)/t17-/m1/s1. The third-order valence-corrected chi connectivity index (χ3v) is 8.53. The van der Waals surface area contributed by atoms with E-state index in [2.05, 4.69) is 15.6 Å². The van der Waals surface area contributed by atoms with Gasteiger partial charge in [0.25, 0.3) is 0 Å². The minimum atomic E-state index is -3.85. The second-order valence-electron chi connectivity index (χ2n) is 8.59. The van der Waals surface area contributed by atoms with Gasteiger partial charge in [-0.15, -0.1) is 0 Å². The maximum Gasteiger partial charge on any atom is 0.246 e. The van der Waals surface area contributed by atoms with E-state index in [4.69, 9.17) is 27.9 Å². The number of hydrogen-bond acceptors (Lipinski definition) is 6. The Morgan fingerprint density at radius 3 is 2.72 bits per heavy atom. The number of methoxy groups -OCH3 is 1. The summed E-state index contributed by atoms with van der Waals surface area (Å²) in [7, 11) is -2.44. The van der Waals surface area contributed by atoms with Gasteiger partial charge in [0.1, 0.15) is 10.6 Å². The van der Waals surface area contributed by atoms with Crippen molar-refractivity contribution in [2.24, 2.45) is 5.92 Å². The fraction of sp³-hybridized carbons (Fsp3) is 0.360. The van der Waals surface area contributed by atoms with Crippen molar-refractivity contribution in [2.75, 3.05) is 38.6 Å². The zero-order chi connectivity index (χ0) is 25.7. The lowest BCUT2D eigenvalue weighted by Crippen LogP contribution is -2.45. The van der Waals surface area contributed by atoms with Gasteiger partial charge in [0.05, 0.1) is 18.5 Å². The molecule has 36 heavy (non-hydrogen) atoms. The van der Waals surface area contributed by atoms with Crippen LogP contribution in [0.2, 0.25) is 10.0 Å². The summed E-state index contributed by atoms with van der Waals surface area (Å²) >= 11 is 12.1. The van der Waals surface area contributed by atoms with E-state index in [1.807, 2.05) is 24.3 Å². The van der Waals surface area contributed by atoms with Crippen LogP contribution >= 0.6 is 23.2 Å². The summed E-state index contributed by atoms with van der Waals surface area (Å²) in [6, 6.07) is 12.0. The molecule has 1 atom stereocenters. The Bertz CT molecular complexity index is 1350. The van der Waals surface area contributed by atoms with Crippen LogP contribution in [0.4, 0.5) is 5.69 Å². The van der Waals surface area contributed by atoms with Crippen LogP contribution < -0.4 is 15.4 Å². The second kappa shape index (κ2) is 11.6. The molecule has 2 N–H and O–H groups in total. The second-order valence-corrected chi connectivity index (χ2v) is 11.4. The number of sulfonamides is 1. The molecule has 0 bridgehead atoms. The Morgan fingerprint density at radius 1 is 1.14 bits per heavy atom. The minimum absolute atomic E-state index is 0.00976. The number of piperidine rings is 1. The van der Waals surface area contributed by atoms with Crippen molar-refractivity contribution in [3.63, 3.8) is 0 Å². The SMILES string of the molecule is COc1ccc(Cl)cc1S(=O)(=O)N1CCC[C@@H](C(=O)NCCCNc2ccnc3cc(Cl)ccc23)C1. The summed E-state index contributed by atoms with van der Waals surface area (Å²) < 4.78 is 33.1. The number of nitrogens with zero attached hydrogens (tertiary/aromatic N) is 2. The van der Waals surface area contributed by atoms with Crippen molar-refractivity contribution in [3.8, 4) is 5.75 Å². The van der Waals surface area contributed by atoms with Crippen LogP contribution in [-0.2, 0) is 14.8 Å². The van der Waals surface area contributed by atoms with Crippen LogP contribution in [-0.4, -0.2) is 56.9 Å². The van der Waals surface area contributed by atoms with E-state index in [-0.39, 0.29) is 23.1 Å². The predicted molar refractivity (Wildman–Crippen MR) is 142 cm³/mol. The van der Waals surface area contributed by atoms with E-state index in [9.17, 15) is 13.2 Å². The molecule has 8 nitrogen and oxygen atoms in total. The van der Waals surface area contributed by atoms with Gasteiger partial charge in [0.2, 0.25) is 15.9 Å². The van der Waals surface area contributed by atoms with E-state index >= 15 is 0 Å². The molecule has 1 fully saturated rings. The number of amides is 1. The number of benzene rings is 2. The molecule has 1 aliphatic rings. The predicted octanol–water partition coefficient (Wildman–Crippen LogP) is 4.57. The maximum atomic E-state index is 13.3. The average molecular weight is 551 g/mol. The molecule has 0 unspecified atom stereocenters. The summed E-state index contributed by atoms with van der Waals surface area (Å²) in [5.74, 6) is -0.332. The van der Waals surface area contributed by atoms with Crippen LogP contribution in [0.15, 0.2) is 53.6 Å². The zero-order valence-corrected chi connectivity index (χ0v) is 22.2. The fourth-order valence-corrected chi connectivity index (χ4v) is 6.42. The molecule has 1 aliphatic heterocycles. The van der Waals surface area contributed by atoms with E-state index < -0.39 is 15.9 Å².